The Balaban J connectivity index is 1.64. The van der Waals surface area contributed by atoms with Gasteiger partial charge in [-0.2, -0.15) is 18.3 Å². The average Bonchev–Trinajstić information content (AvgIpc) is 3.12. The van der Waals surface area contributed by atoms with Gasteiger partial charge in [-0.1, -0.05) is 0 Å². The van der Waals surface area contributed by atoms with Crippen LogP contribution in [0, 0.1) is 11.7 Å². The van der Waals surface area contributed by atoms with Crippen LogP contribution in [-0.4, -0.2) is 49.6 Å². The summed E-state index contributed by atoms with van der Waals surface area (Å²) >= 11 is 0. The van der Waals surface area contributed by atoms with Gasteiger partial charge in [-0.3, -0.25) is 4.79 Å². The van der Waals surface area contributed by atoms with Crippen molar-refractivity contribution in [3.63, 3.8) is 0 Å². The van der Waals surface area contributed by atoms with E-state index in [9.17, 15) is 27.2 Å². The molecule has 0 bridgehead atoms. The molecule has 3 aromatic rings. The number of ketones is 1. The van der Waals surface area contributed by atoms with Crippen molar-refractivity contribution in [3.05, 3.63) is 53.6 Å². The van der Waals surface area contributed by atoms with Crippen molar-refractivity contribution in [2.24, 2.45) is 5.92 Å². The van der Waals surface area contributed by atoms with Gasteiger partial charge in [0, 0.05) is 24.1 Å². The molecule has 1 aliphatic heterocycles. The monoisotopic (exact) mass is 520 g/mol. The highest BCUT2D eigenvalue weighted by molar-refractivity contribution is 5.96. The molecule has 37 heavy (non-hydrogen) atoms. The second kappa shape index (κ2) is 9.75. The van der Waals surface area contributed by atoms with E-state index in [1.54, 1.807) is 25.7 Å². The van der Waals surface area contributed by atoms with Crippen molar-refractivity contribution in [3.8, 4) is 11.3 Å². The molecule has 2 unspecified atom stereocenters. The van der Waals surface area contributed by atoms with Crippen molar-refractivity contribution in [1.82, 2.24) is 19.5 Å². The number of hydrogen-bond donors (Lipinski definition) is 0. The lowest BCUT2D eigenvalue weighted by molar-refractivity contribution is -0.136. The number of likely N-dealkylation sites (tertiary alicyclic amines) is 1. The Kier molecular flexibility index (Phi) is 7.00. The van der Waals surface area contributed by atoms with Gasteiger partial charge in [0.2, 0.25) is 0 Å². The van der Waals surface area contributed by atoms with Crippen LogP contribution in [0.3, 0.4) is 0 Å². The number of benzene rings is 1. The fourth-order valence-corrected chi connectivity index (χ4v) is 4.49. The van der Waals surface area contributed by atoms with Crippen LogP contribution < -0.4 is 0 Å². The van der Waals surface area contributed by atoms with Crippen LogP contribution in [-0.2, 0) is 10.9 Å². The summed E-state index contributed by atoms with van der Waals surface area (Å²) in [7, 11) is 0. The number of fused-ring (bicyclic) bond motifs is 1. The van der Waals surface area contributed by atoms with Gasteiger partial charge < -0.3 is 9.64 Å². The number of halogens is 4. The topological polar surface area (TPSA) is 76.8 Å². The molecule has 1 amide bonds. The minimum atomic E-state index is -4.75. The largest absolute Gasteiger partial charge is 0.444 e. The SMILES string of the molecule is CC1CC(C(=O)c2cn3nc(-c4ccc(F)cc4)cc(C(F)(F)F)c3n2)CCCN1C(=O)OC(C)(C)C. The van der Waals surface area contributed by atoms with Crippen LogP contribution in [0.2, 0.25) is 0 Å². The first-order valence-electron chi connectivity index (χ1n) is 12.0. The van der Waals surface area contributed by atoms with Crippen molar-refractivity contribution in [2.45, 2.75) is 64.8 Å². The lowest BCUT2D eigenvalue weighted by atomic mass is 9.91. The lowest BCUT2D eigenvalue weighted by Crippen LogP contribution is -2.42. The van der Waals surface area contributed by atoms with Crippen LogP contribution in [0.1, 0.15) is 63.0 Å². The number of carbonyl (C=O) groups is 2. The van der Waals surface area contributed by atoms with E-state index in [1.165, 1.54) is 18.3 Å². The zero-order valence-electron chi connectivity index (χ0n) is 21.0. The second-order valence-corrected chi connectivity index (χ2v) is 10.3. The smallest absolute Gasteiger partial charge is 0.420 e. The predicted octanol–water partition coefficient (Wildman–Crippen LogP) is 6.16. The van der Waals surface area contributed by atoms with Crippen molar-refractivity contribution in [1.29, 1.82) is 0 Å². The normalized spacial score (nSPS) is 19.1. The fraction of sp³-hybridized carbons (Fsp3) is 0.462. The molecule has 1 fully saturated rings. The summed E-state index contributed by atoms with van der Waals surface area (Å²) in [4.78, 5) is 31.6. The van der Waals surface area contributed by atoms with Gasteiger partial charge in [-0.25, -0.2) is 18.7 Å². The van der Waals surface area contributed by atoms with Gasteiger partial charge in [-0.05, 0) is 77.3 Å². The number of amides is 1. The summed E-state index contributed by atoms with van der Waals surface area (Å²) < 4.78 is 61.5. The molecule has 1 aliphatic rings. The van der Waals surface area contributed by atoms with Gasteiger partial charge in [0.15, 0.2) is 11.4 Å². The van der Waals surface area contributed by atoms with Crippen LogP contribution in [0.4, 0.5) is 22.4 Å². The summed E-state index contributed by atoms with van der Waals surface area (Å²) in [6, 6.07) is 5.45. The van der Waals surface area contributed by atoms with E-state index in [-0.39, 0.29) is 23.0 Å². The number of ether oxygens (including phenoxy) is 1. The number of hydrogen-bond acceptors (Lipinski definition) is 5. The predicted molar refractivity (Wildman–Crippen MR) is 127 cm³/mol. The van der Waals surface area contributed by atoms with E-state index in [0.29, 0.717) is 25.8 Å². The standard InChI is InChI=1S/C26H28F4N4O3/c1-15-12-17(6-5-11-33(15)24(36)37-25(2,3)4)22(35)21-14-34-23(31-21)19(26(28,29)30)13-20(32-34)16-7-9-18(27)10-8-16/h7-10,13-15,17H,5-6,11-12H2,1-4H3. The average molecular weight is 521 g/mol. The molecule has 1 saturated heterocycles. The number of aromatic nitrogens is 3. The lowest BCUT2D eigenvalue weighted by Gasteiger charge is -2.30. The Morgan fingerprint density at radius 3 is 2.41 bits per heavy atom. The van der Waals surface area contributed by atoms with E-state index in [4.69, 9.17) is 4.74 Å². The third-order valence-corrected chi connectivity index (χ3v) is 6.23. The Morgan fingerprint density at radius 1 is 1.11 bits per heavy atom. The minimum absolute atomic E-state index is 0.0349. The first-order valence-corrected chi connectivity index (χ1v) is 12.0. The van der Waals surface area contributed by atoms with Gasteiger partial charge in [-0.15, -0.1) is 0 Å². The summed E-state index contributed by atoms with van der Waals surface area (Å²) in [5, 5.41) is 4.21. The summed E-state index contributed by atoms with van der Waals surface area (Å²) in [5.74, 6) is -1.46. The van der Waals surface area contributed by atoms with Crippen LogP contribution in [0.5, 0.6) is 0 Å². The van der Waals surface area contributed by atoms with Crippen LogP contribution in [0.15, 0.2) is 36.5 Å². The van der Waals surface area contributed by atoms with E-state index in [1.807, 2.05) is 6.92 Å². The maximum Gasteiger partial charge on any atom is 0.420 e. The minimum Gasteiger partial charge on any atom is -0.444 e. The maximum atomic E-state index is 13.9. The Bertz CT molecular complexity index is 1310. The molecule has 1 aromatic carbocycles. The molecule has 4 rings (SSSR count). The molecule has 11 heteroatoms. The van der Waals surface area contributed by atoms with E-state index < -0.39 is 46.6 Å². The molecular formula is C26H28F4N4O3. The Hall–Kier alpha value is -3.50. The van der Waals surface area contributed by atoms with Crippen molar-refractivity contribution in [2.75, 3.05) is 6.54 Å². The molecule has 2 aromatic heterocycles. The molecule has 0 radical (unpaired) electrons. The van der Waals surface area contributed by atoms with Crippen LogP contribution >= 0.6 is 0 Å². The number of imidazole rings is 1. The van der Waals surface area contributed by atoms with Gasteiger partial charge in [0.05, 0.1) is 11.9 Å². The number of carbonyl (C=O) groups excluding carboxylic acids is 2. The van der Waals surface area contributed by atoms with Gasteiger partial charge in [0.1, 0.15) is 22.7 Å². The third kappa shape index (κ3) is 5.91. The number of alkyl halides is 3. The first-order chi connectivity index (χ1) is 17.2. The number of Topliss-reactive ketones (excluding diaryl/α,β-unsaturated/α-hetero) is 1. The number of rotatable bonds is 3. The molecule has 0 spiro atoms. The molecule has 7 nitrogen and oxygen atoms in total. The van der Waals surface area contributed by atoms with E-state index in [0.717, 1.165) is 22.7 Å². The first kappa shape index (κ1) is 26.6. The third-order valence-electron chi connectivity index (χ3n) is 6.23. The van der Waals surface area contributed by atoms with E-state index in [2.05, 4.69) is 10.1 Å². The summed E-state index contributed by atoms with van der Waals surface area (Å²) in [5.41, 5.74) is -2.07. The fourth-order valence-electron chi connectivity index (χ4n) is 4.49. The molecule has 3 heterocycles. The highest BCUT2D eigenvalue weighted by atomic mass is 19.4. The Morgan fingerprint density at radius 2 is 1.78 bits per heavy atom. The molecular weight excluding hydrogens is 492 g/mol. The summed E-state index contributed by atoms with van der Waals surface area (Å²) in [6.07, 6.45) is -2.71. The van der Waals surface area contributed by atoms with Crippen molar-refractivity contribution >= 4 is 17.5 Å². The summed E-state index contributed by atoms with van der Waals surface area (Å²) in [6.45, 7) is 7.54. The second-order valence-electron chi connectivity index (χ2n) is 10.3. The maximum absolute atomic E-state index is 13.9. The zero-order chi connectivity index (χ0) is 27.1. The molecule has 0 N–H and O–H groups in total. The van der Waals surface area contributed by atoms with Gasteiger partial charge in [0.25, 0.3) is 0 Å². The van der Waals surface area contributed by atoms with Crippen LogP contribution in [0.25, 0.3) is 16.9 Å². The highest BCUT2D eigenvalue weighted by Gasteiger charge is 2.37. The van der Waals surface area contributed by atoms with Crippen molar-refractivity contribution < 1.29 is 31.9 Å². The number of nitrogens with zero attached hydrogens (tertiary/aromatic N) is 4. The van der Waals surface area contributed by atoms with E-state index >= 15 is 0 Å². The molecule has 0 saturated carbocycles. The molecule has 2 atom stereocenters. The molecule has 0 aliphatic carbocycles. The molecule has 198 valence electrons. The van der Waals surface area contributed by atoms with Gasteiger partial charge >= 0.3 is 12.3 Å². The highest BCUT2D eigenvalue weighted by Crippen LogP contribution is 2.35. The zero-order valence-corrected chi connectivity index (χ0v) is 21.0. The Labute approximate surface area is 211 Å². The quantitative estimate of drug-likeness (QED) is 0.305.